The Morgan fingerprint density at radius 2 is 1.79 bits per heavy atom. The van der Waals surface area contributed by atoms with Gasteiger partial charge in [-0.15, -0.1) is 0 Å². The molecule has 0 bridgehead atoms. The van der Waals surface area contributed by atoms with Crippen molar-refractivity contribution in [3.63, 3.8) is 0 Å². The number of hydrogen-bond donors (Lipinski definition) is 1. The molecule has 5 heteroatoms. The van der Waals surface area contributed by atoms with Gasteiger partial charge in [0, 0.05) is 12.6 Å². The van der Waals surface area contributed by atoms with Gasteiger partial charge in [-0.25, -0.2) is 9.18 Å². The summed E-state index contributed by atoms with van der Waals surface area (Å²) in [6.07, 6.45) is 4.52. The molecule has 1 aliphatic heterocycles. The topological polar surface area (TPSA) is 55.6 Å². The van der Waals surface area contributed by atoms with Gasteiger partial charge in [-0.2, -0.15) is 0 Å². The number of fused-ring (bicyclic) bond motifs is 1. The van der Waals surface area contributed by atoms with Crippen molar-refractivity contribution in [1.82, 2.24) is 4.90 Å². The molecule has 2 aromatic carbocycles. The molecule has 1 heterocycles. The van der Waals surface area contributed by atoms with Crippen LogP contribution in [0.3, 0.4) is 0 Å². The van der Waals surface area contributed by atoms with Crippen LogP contribution < -0.4 is 5.73 Å². The molecule has 0 radical (unpaired) electrons. The molecule has 1 saturated carbocycles. The lowest BCUT2D eigenvalue weighted by Gasteiger charge is -2.37. The van der Waals surface area contributed by atoms with Crippen molar-refractivity contribution in [3.8, 4) is 0 Å². The van der Waals surface area contributed by atoms with E-state index in [0.717, 1.165) is 43.2 Å². The third kappa shape index (κ3) is 4.04. The van der Waals surface area contributed by atoms with E-state index in [1.807, 2.05) is 18.2 Å². The number of nitrogens with zero attached hydrogens (tertiary/aromatic N) is 1. The Bertz CT molecular complexity index is 816. The van der Waals surface area contributed by atoms with Gasteiger partial charge in [-0.05, 0) is 66.8 Å². The highest BCUT2D eigenvalue weighted by Crippen LogP contribution is 2.36. The molecule has 0 saturated heterocycles. The zero-order valence-corrected chi connectivity index (χ0v) is 16.0. The second-order valence-corrected chi connectivity index (χ2v) is 7.95. The molecule has 0 spiro atoms. The van der Waals surface area contributed by atoms with Crippen molar-refractivity contribution >= 4 is 6.09 Å². The second kappa shape index (κ2) is 8.31. The molecule has 1 unspecified atom stereocenters. The van der Waals surface area contributed by atoms with Crippen molar-refractivity contribution in [1.29, 1.82) is 0 Å². The number of carbonyl (C=O) groups is 1. The Morgan fingerprint density at radius 3 is 2.54 bits per heavy atom. The van der Waals surface area contributed by atoms with Crippen LogP contribution in [-0.2, 0) is 11.2 Å². The minimum Gasteiger partial charge on any atom is -0.449 e. The SMILES string of the molecule is NC1CCC(COC(=O)N2CCc3ccccc3C2c2ccc(F)cc2)CC1. The lowest BCUT2D eigenvalue weighted by molar-refractivity contribution is 0.0690. The van der Waals surface area contributed by atoms with Crippen LogP contribution in [0.15, 0.2) is 48.5 Å². The van der Waals surface area contributed by atoms with Crippen LogP contribution >= 0.6 is 0 Å². The van der Waals surface area contributed by atoms with Gasteiger partial charge in [-0.3, -0.25) is 4.90 Å². The Hall–Kier alpha value is -2.40. The molecule has 0 aromatic heterocycles. The molecule has 1 fully saturated rings. The minimum atomic E-state index is -0.293. The molecule has 2 aliphatic rings. The van der Waals surface area contributed by atoms with E-state index in [-0.39, 0.29) is 24.0 Å². The fourth-order valence-corrected chi connectivity index (χ4v) is 4.39. The minimum absolute atomic E-state index is 0.252. The maximum Gasteiger partial charge on any atom is 0.410 e. The Morgan fingerprint density at radius 1 is 1.07 bits per heavy atom. The summed E-state index contributed by atoms with van der Waals surface area (Å²) in [6.45, 7) is 1.03. The number of halogens is 1. The van der Waals surface area contributed by atoms with Gasteiger partial charge in [0.2, 0.25) is 0 Å². The predicted octanol–water partition coefficient (Wildman–Crippen LogP) is 4.43. The lowest BCUT2D eigenvalue weighted by atomic mass is 9.87. The van der Waals surface area contributed by atoms with Crippen molar-refractivity contribution in [2.24, 2.45) is 11.7 Å². The van der Waals surface area contributed by atoms with Crippen LogP contribution in [-0.4, -0.2) is 30.2 Å². The number of carbonyl (C=O) groups excluding carboxylic acids is 1. The first-order valence-electron chi connectivity index (χ1n) is 10.1. The first-order valence-corrected chi connectivity index (χ1v) is 10.1. The third-order valence-electron chi connectivity index (χ3n) is 6.04. The van der Waals surface area contributed by atoms with Crippen LogP contribution in [0.2, 0.25) is 0 Å². The highest BCUT2D eigenvalue weighted by atomic mass is 19.1. The average molecular weight is 382 g/mol. The van der Waals surface area contributed by atoms with E-state index in [1.54, 1.807) is 17.0 Å². The average Bonchev–Trinajstić information content (AvgIpc) is 2.73. The standard InChI is InChI=1S/C23H27FN2O2/c24-19-9-7-18(8-10-19)22-21-4-2-1-3-17(21)13-14-26(22)23(27)28-15-16-5-11-20(25)12-6-16/h1-4,7-10,16,20,22H,5-6,11-15,25H2. The number of hydrogen-bond acceptors (Lipinski definition) is 3. The van der Waals surface area contributed by atoms with E-state index in [4.69, 9.17) is 10.5 Å². The zero-order valence-electron chi connectivity index (χ0n) is 16.0. The predicted molar refractivity (Wildman–Crippen MR) is 106 cm³/mol. The van der Waals surface area contributed by atoms with E-state index in [2.05, 4.69) is 6.07 Å². The molecular weight excluding hydrogens is 355 g/mol. The molecule has 2 N–H and O–H groups in total. The highest BCUT2D eigenvalue weighted by molar-refractivity contribution is 5.70. The molecule has 4 rings (SSSR count). The van der Waals surface area contributed by atoms with Gasteiger partial charge in [0.25, 0.3) is 0 Å². The van der Waals surface area contributed by atoms with Gasteiger partial charge in [0.05, 0.1) is 12.6 Å². The van der Waals surface area contributed by atoms with Crippen molar-refractivity contribution in [3.05, 3.63) is 71.0 Å². The smallest absolute Gasteiger partial charge is 0.410 e. The van der Waals surface area contributed by atoms with Crippen LogP contribution in [0.5, 0.6) is 0 Å². The quantitative estimate of drug-likeness (QED) is 0.855. The maximum atomic E-state index is 13.4. The normalized spacial score (nSPS) is 24.5. The lowest BCUT2D eigenvalue weighted by Crippen LogP contribution is -2.41. The van der Waals surface area contributed by atoms with E-state index < -0.39 is 0 Å². The second-order valence-electron chi connectivity index (χ2n) is 7.95. The molecule has 2 aromatic rings. The molecule has 1 amide bonds. The van der Waals surface area contributed by atoms with Crippen LogP contribution in [0.1, 0.15) is 48.4 Å². The van der Waals surface area contributed by atoms with Crippen LogP contribution in [0.4, 0.5) is 9.18 Å². The van der Waals surface area contributed by atoms with Gasteiger partial charge < -0.3 is 10.5 Å². The third-order valence-corrected chi connectivity index (χ3v) is 6.04. The summed E-state index contributed by atoms with van der Waals surface area (Å²) in [6, 6.07) is 14.6. The Labute approximate surface area is 165 Å². The van der Waals surface area contributed by atoms with Crippen molar-refractivity contribution in [2.45, 2.75) is 44.2 Å². The summed E-state index contributed by atoms with van der Waals surface area (Å²) in [5.41, 5.74) is 9.17. The Balaban J connectivity index is 1.53. The molecular formula is C23H27FN2O2. The maximum absolute atomic E-state index is 13.4. The van der Waals surface area contributed by atoms with Gasteiger partial charge in [0.15, 0.2) is 0 Å². The summed E-state index contributed by atoms with van der Waals surface area (Å²) in [5.74, 6) is 0.113. The summed E-state index contributed by atoms with van der Waals surface area (Å²) in [4.78, 5) is 14.8. The number of nitrogens with two attached hydrogens (primary N) is 1. The fourth-order valence-electron chi connectivity index (χ4n) is 4.39. The number of rotatable bonds is 3. The molecule has 148 valence electrons. The van der Waals surface area contributed by atoms with Crippen molar-refractivity contribution in [2.75, 3.05) is 13.2 Å². The fraction of sp³-hybridized carbons (Fsp3) is 0.435. The molecule has 1 atom stereocenters. The van der Waals surface area contributed by atoms with E-state index in [9.17, 15) is 9.18 Å². The summed E-state index contributed by atoms with van der Waals surface area (Å²) < 4.78 is 19.2. The summed E-state index contributed by atoms with van der Waals surface area (Å²) >= 11 is 0. The first kappa shape index (κ1) is 18.9. The van der Waals surface area contributed by atoms with Crippen molar-refractivity contribution < 1.29 is 13.9 Å². The Kier molecular flexibility index (Phi) is 5.62. The van der Waals surface area contributed by atoms with Crippen LogP contribution in [0, 0.1) is 11.7 Å². The number of ether oxygens (including phenoxy) is 1. The molecule has 28 heavy (non-hydrogen) atoms. The van der Waals surface area contributed by atoms with E-state index >= 15 is 0 Å². The van der Waals surface area contributed by atoms with E-state index in [1.165, 1.54) is 17.7 Å². The largest absolute Gasteiger partial charge is 0.449 e. The molecule has 4 nitrogen and oxygen atoms in total. The monoisotopic (exact) mass is 382 g/mol. The zero-order chi connectivity index (χ0) is 19.5. The number of benzene rings is 2. The first-order chi connectivity index (χ1) is 13.6. The number of amides is 1. The van der Waals surface area contributed by atoms with E-state index in [0.29, 0.717) is 19.1 Å². The highest BCUT2D eigenvalue weighted by Gasteiger charge is 2.33. The molecule has 1 aliphatic carbocycles. The summed E-state index contributed by atoms with van der Waals surface area (Å²) in [5, 5.41) is 0. The van der Waals surface area contributed by atoms with Gasteiger partial charge in [-0.1, -0.05) is 36.4 Å². The van der Waals surface area contributed by atoms with Gasteiger partial charge in [0.1, 0.15) is 5.82 Å². The summed E-state index contributed by atoms with van der Waals surface area (Å²) in [7, 11) is 0. The van der Waals surface area contributed by atoms with Crippen LogP contribution in [0.25, 0.3) is 0 Å². The van der Waals surface area contributed by atoms with Gasteiger partial charge >= 0.3 is 6.09 Å².